The second-order valence-corrected chi connectivity index (χ2v) is 11.5. The van der Waals surface area contributed by atoms with Crippen molar-refractivity contribution in [3.63, 3.8) is 0 Å². The Labute approximate surface area is 209 Å². The van der Waals surface area contributed by atoms with E-state index in [1.165, 1.54) is 37.9 Å². The summed E-state index contributed by atoms with van der Waals surface area (Å²) in [5.41, 5.74) is 4.41. The van der Waals surface area contributed by atoms with Crippen LogP contribution in [0.15, 0.2) is 23.4 Å². The molecule has 0 amide bonds. The molecule has 3 heterocycles. The van der Waals surface area contributed by atoms with Crippen molar-refractivity contribution in [1.82, 2.24) is 24.6 Å². The lowest BCUT2D eigenvalue weighted by Gasteiger charge is -2.25. The summed E-state index contributed by atoms with van der Waals surface area (Å²) in [6.45, 7) is 7.61. The zero-order chi connectivity index (χ0) is 21.6. The van der Waals surface area contributed by atoms with Crippen molar-refractivity contribution in [3.05, 3.63) is 45.1 Å². The van der Waals surface area contributed by atoms with E-state index in [4.69, 9.17) is 11.6 Å². The van der Waals surface area contributed by atoms with Crippen LogP contribution in [0, 0.1) is 13.8 Å². The van der Waals surface area contributed by atoms with Crippen molar-refractivity contribution >= 4 is 47.1 Å². The molecule has 1 aliphatic heterocycles. The molecule has 1 spiro atoms. The number of aromatic nitrogens is 4. The van der Waals surface area contributed by atoms with Gasteiger partial charge in [0.15, 0.2) is 11.0 Å². The highest BCUT2D eigenvalue weighted by Gasteiger charge is 2.43. The molecular weight excluding hydrogens is 481 g/mol. The smallest absolute Gasteiger partial charge is 0.191 e. The monoisotopic (exact) mass is 509 g/mol. The summed E-state index contributed by atoms with van der Waals surface area (Å²) in [5.74, 6) is 1.98. The molecule has 1 atom stereocenters. The maximum absolute atomic E-state index is 6.21. The highest BCUT2D eigenvalue weighted by molar-refractivity contribution is 7.99. The Morgan fingerprint density at radius 2 is 2.06 bits per heavy atom. The second kappa shape index (κ2) is 9.63. The summed E-state index contributed by atoms with van der Waals surface area (Å²) in [6.07, 6.45) is 4.88. The molecule has 0 saturated carbocycles. The molecule has 5 rings (SSSR count). The van der Waals surface area contributed by atoms with Crippen LogP contribution < -0.4 is 0 Å². The Bertz CT molecular complexity index is 1110. The lowest BCUT2D eigenvalue weighted by molar-refractivity contribution is 0.310. The SMILES string of the molecule is Cc1nc(C)c(-c2nnc(SCCCN3CCC4(CCc5cc(Cl)ccc54)C3)n2C)s1.Cl. The van der Waals surface area contributed by atoms with E-state index in [9.17, 15) is 0 Å². The van der Waals surface area contributed by atoms with Gasteiger partial charge in [-0.05, 0) is 75.9 Å². The van der Waals surface area contributed by atoms with E-state index >= 15 is 0 Å². The third kappa shape index (κ3) is 4.47. The fourth-order valence-electron chi connectivity index (χ4n) is 5.20. The molecule has 1 aromatic carbocycles. The Morgan fingerprint density at radius 3 is 2.84 bits per heavy atom. The van der Waals surface area contributed by atoms with Crippen LogP contribution in [-0.2, 0) is 18.9 Å². The minimum Gasteiger partial charge on any atom is -0.304 e. The van der Waals surface area contributed by atoms with Gasteiger partial charge in [-0.25, -0.2) is 4.98 Å². The predicted octanol–water partition coefficient (Wildman–Crippen LogP) is 5.70. The summed E-state index contributed by atoms with van der Waals surface area (Å²) < 4.78 is 2.11. The summed E-state index contributed by atoms with van der Waals surface area (Å²) in [6, 6.07) is 6.52. The molecule has 1 saturated heterocycles. The third-order valence-electron chi connectivity index (χ3n) is 6.74. The number of hydrogen-bond acceptors (Lipinski definition) is 6. The van der Waals surface area contributed by atoms with E-state index in [2.05, 4.69) is 49.9 Å². The Balaban J connectivity index is 0.00000245. The van der Waals surface area contributed by atoms with Crippen molar-refractivity contribution in [3.8, 4) is 10.7 Å². The lowest BCUT2D eigenvalue weighted by atomic mass is 9.81. The number of likely N-dealkylation sites (tertiary alicyclic amines) is 1. The number of nitrogens with zero attached hydrogens (tertiary/aromatic N) is 5. The first-order valence-electron chi connectivity index (χ1n) is 10.9. The van der Waals surface area contributed by atoms with Crippen LogP contribution in [0.3, 0.4) is 0 Å². The van der Waals surface area contributed by atoms with Gasteiger partial charge in [0.25, 0.3) is 0 Å². The zero-order valence-electron chi connectivity index (χ0n) is 18.7. The van der Waals surface area contributed by atoms with Gasteiger partial charge in [0.05, 0.1) is 15.6 Å². The number of halogens is 2. The average molecular weight is 511 g/mol. The zero-order valence-corrected chi connectivity index (χ0v) is 21.9. The summed E-state index contributed by atoms with van der Waals surface area (Å²) in [5, 5.41) is 11.8. The van der Waals surface area contributed by atoms with Crippen LogP contribution in [0.2, 0.25) is 5.02 Å². The van der Waals surface area contributed by atoms with E-state index < -0.39 is 0 Å². The number of benzene rings is 1. The number of thioether (sulfide) groups is 1. The van der Waals surface area contributed by atoms with E-state index in [1.807, 2.05) is 13.8 Å². The van der Waals surface area contributed by atoms with Gasteiger partial charge in [-0.15, -0.1) is 33.9 Å². The summed E-state index contributed by atoms with van der Waals surface area (Å²) in [4.78, 5) is 8.30. The van der Waals surface area contributed by atoms with E-state index in [1.54, 1.807) is 28.7 Å². The van der Waals surface area contributed by atoms with Gasteiger partial charge in [-0.3, -0.25) is 0 Å². The van der Waals surface area contributed by atoms with Gasteiger partial charge in [0, 0.05) is 29.8 Å². The van der Waals surface area contributed by atoms with E-state index in [0.717, 1.165) is 50.3 Å². The molecule has 9 heteroatoms. The number of rotatable bonds is 6. The molecule has 1 aliphatic carbocycles. The lowest BCUT2D eigenvalue weighted by Crippen LogP contribution is -2.29. The maximum Gasteiger partial charge on any atom is 0.191 e. The first-order valence-corrected chi connectivity index (χ1v) is 13.1. The normalized spacial score (nSPS) is 20.1. The fraction of sp³-hybridized carbons (Fsp3) is 0.522. The van der Waals surface area contributed by atoms with Gasteiger partial charge in [-0.1, -0.05) is 29.4 Å². The van der Waals surface area contributed by atoms with Gasteiger partial charge in [0.1, 0.15) is 0 Å². The maximum atomic E-state index is 6.21. The second-order valence-electron chi connectivity index (χ2n) is 8.82. The molecular formula is C23H29Cl2N5S2. The average Bonchev–Trinajstić information content (AvgIpc) is 3.48. The first kappa shape index (κ1) is 24.0. The van der Waals surface area contributed by atoms with Crippen molar-refractivity contribution in [2.24, 2.45) is 7.05 Å². The fourth-order valence-corrected chi connectivity index (χ4v) is 7.17. The third-order valence-corrected chi connectivity index (χ3v) is 9.15. The van der Waals surface area contributed by atoms with Crippen molar-refractivity contribution < 1.29 is 0 Å². The van der Waals surface area contributed by atoms with Crippen molar-refractivity contribution in [2.75, 3.05) is 25.4 Å². The molecule has 0 bridgehead atoms. The standard InChI is InChI=1S/C23H28ClN5S2.ClH/c1-15-20(31-16(2)25-15)21-26-27-22(28(21)3)30-12-4-10-29-11-9-23(14-29)8-7-17-13-18(24)5-6-19(17)23;/h5-6,13H,4,7-12,14H2,1-3H3;1H. The first-order chi connectivity index (χ1) is 14.9. The number of hydrogen-bond donors (Lipinski definition) is 0. The molecule has 0 radical (unpaired) electrons. The molecule has 172 valence electrons. The highest BCUT2D eigenvalue weighted by Crippen LogP contribution is 2.46. The predicted molar refractivity (Wildman–Crippen MR) is 137 cm³/mol. The van der Waals surface area contributed by atoms with Gasteiger partial charge >= 0.3 is 0 Å². The van der Waals surface area contributed by atoms with Gasteiger partial charge < -0.3 is 9.47 Å². The Hall–Kier alpha value is -1.12. The molecule has 2 aliphatic rings. The van der Waals surface area contributed by atoms with Crippen LogP contribution in [0.1, 0.15) is 41.1 Å². The number of aryl methyl sites for hydroxylation is 3. The van der Waals surface area contributed by atoms with Crippen LogP contribution in [-0.4, -0.2) is 50.0 Å². The molecule has 32 heavy (non-hydrogen) atoms. The molecule has 1 fully saturated rings. The minimum absolute atomic E-state index is 0. The van der Waals surface area contributed by atoms with Gasteiger partial charge in [0.2, 0.25) is 0 Å². The molecule has 1 unspecified atom stereocenters. The molecule has 0 N–H and O–H groups in total. The van der Waals surface area contributed by atoms with Gasteiger partial charge in [-0.2, -0.15) is 0 Å². The number of thiazole rings is 1. The highest BCUT2D eigenvalue weighted by atomic mass is 35.5. The van der Waals surface area contributed by atoms with Crippen LogP contribution in [0.4, 0.5) is 0 Å². The van der Waals surface area contributed by atoms with E-state index in [-0.39, 0.29) is 12.4 Å². The summed E-state index contributed by atoms with van der Waals surface area (Å²) >= 11 is 9.70. The largest absolute Gasteiger partial charge is 0.304 e. The molecule has 5 nitrogen and oxygen atoms in total. The minimum atomic E-state index is 0. The quantitative estimate of drug-likeness (QED) is 0.314. The number of fused-ring (bicyclic) bond motifs is 2. The Morgan fingerprint density at radius 1 is 1.22 bits per heavy atom. The van der Waals surface area contributed by atoms with Crippen LogP contribution >= 0.6 is 47.1 Å². The van der Waals surface area contributed by atoms with Crippen LogP contribution in [0.5, 0.6) is 0 Å². The molecule has 3 aromatic rings. The van der Waals surface area contributed by atoms with E-state index in [0.29, 0.717) is 5.41 Å². The van der Waals surface area contributed by atoms with Crippen molar-refractivity contribution in [2.45, 2.75) is 50.1 Å². The van der Waals surface area contributed by atoms with Crippen molar-refractivity contribution in [1.29, 1.82) is 0 Å². The summed E-state index contributed by atoms with van der Waals surface area (Å²) in [7, 11) is 2.06. The van der Waals surface area contributed by atoms with Crippen LogP contribution in [0.25, 0.3) is 10.7 Å². The molecule has 2 aromatic heterocycles. The Kier molecular flexibility index (Phi) is 7.23. The topological polar surface area (TPSA) is 46.8 Å².